The molecule has 1 aliphatic rings. The van der Waals surface area contributed by atoms with Crippen molar-refractivity contribution in [2.45, 2.75) is 37.9 Å². The van der Waals surface area contributed by atoms with E-state index in [0.29, 0.717) is 25.2 Å². The first-order valence-electron chi connectivity index (χ1n) is 9.33. The van der Waals surface area contributed by atoms with E-state index in [4.69, 9.17) is 11.6 Å². The highest BCUT2D eigenvalue weighted by Crippen LogP contribution is 2.40. The van der Waals surface area contributed by atoms with Crippen molar-refractivity contribution in [1.29, 1.82) is 0 Å². The van der Waals surface area contributed by atoms with E-state index in [2.05, 4.69) is 5.32 Å². The molecule has 0 saturated heterocycles. The van der Waals surface area contributed by atoms with Gasteiger partial charge in [0.2, 0.25) is 5.91 Å². The molecular weight excluding hydrogens is 446 g/mol. The third-order valence-electron chi connectivity index (χ3n) is 5.43. The van der Waals surface area contributed by atoms with Gasteiger partial charge in [-0.25, -0.2) is 0 Å². The zero-order chi connectivity index (χ0) is 23.0. The molecule has 0 aromatic heterocycles. The van der Waals surface area contributed by atoms with Gasteiger partial charge in [0.1, 0.15) is 5.54 Å². The van der Waals surface area contributed by atoms with Crippen LogP contribution in [0.15, 0.2) is 42.5 Å². The van der Waals surface area contributed by atoms with Crippen LogP contribution in [0.3, 0.4) is 0 Å². The van der Waals surface area contributed by atoms with Crippen LogP contribution in [-0.2, 0) is 35.8 Å². The van der Waals surface area contributed by atoms with Crippen molar-refractivity contribution in [3.63, 3.8) is 0 Å². The fourth-order valence-corrected chi connectivity index (χ4v) is 4.02. The molecule has 31 heavy (non-hydrogen) atoms. The lowest BCUT2D eigenvalue weighted by atomic mass is 9.90. The van der Waals surface area contributed by atoms with E-state index in [1.165, 1.54) is 0 Å². The number of alkyl halides is 7. The summed E-state index contributed by atoms with van der Waals surface area (Å²) >= 11 is 5.86. The van der Waals surface area contributed by atoms with Gasteiger partial charge in [-0.05, 0) is 41.8 Å². The Morgan fingerprint density at radius 1 is 1.06 bits per heavy atom. The zero-order valence-electron chi connectivity index (χ0n) is 16.4. The highest BCUT2D eigenvalue weighted by Gasteiger charge is 2.46. The van der Waals surface area contributed by atoms with Gasteiger partial charge in [0.15, 0.2) is 0 Å². The molecule has 0 aliphatic carbocycles. The van der Waals surface area contributed by atoms with Crippen LogP contribution in [0.1, 0.15) is 34.7 Å². The van der Waals surface area contributed by atoms with Gasteiger partial charge in [0, 0.05) is 25.5 Å². The molecule has 0 bridgehead atoms. The molecule has 0 spiro atoms. The number of amides is 1. The molecular formula is C21H19ClF6N2O. The predicted molar refractivity (Wildman–Crippen MR) is 103 cm³/mol. The van der Waals surface area contributed by atoms with Gasteiger partial charge in [-0.3, -0.25) is 9.69 Å². The zero-order valence-corrected chi connectivity index (χ0v) is 17.1. The molecule has 1 atom stereocenters. The fourth-order valence-electron chi connectivity index (χ4n) is 3.81. The molecule has 0 radical (unpaired) electrons. The molecule has 1 heterocycles. The highest BCUT2D eigenvalue weighted by molar-refractivity contribution is 6.18. The summed E-state index contributed by atoms with van der Waals surface area (Å²) in [6, 6.07) is 8.49. The average molecular weight is 465 g/mol. The number of rotatable bonds is 5. The highest BCUT2D eigenvalue weighted by atomic mass is 35.5. The molecule has 10 heteroatoms. The minimum atomic E-state index is -4.95. The molecule has 2 aromatic carbocycles. The third kappa shape index (κ3) is 4.67. The van der Waals surface area contributed by atoms with E-state index >= 15 is 0 Å². The van der Waals surface area contributed by atoms with Crippen LogP contribution in [0.25, 0.3) is 0 Å². The molecule has 1 aliphatic heterocycles. The first-order chi connectivity index (χ1) is 14.4. The largest absolute Gasteiger partial charge is 0.416 e. The van der Waals surface area contributed by atoms with Gasteiger partial charge in [-0.1, -0.05) is 24.3 Å². The monoisotopic (exact) mass is 464 g/mol. The molecule has 1 N–H and O–H groups in total. The van der Waals surface area contributed by atoms with Crippen LogP contribution in [0, 0.1) is 0 Å². The van der Waals surface area contributed by atoms with Crippen molar-refractivity contribution in [3.05, 3.63) is 70.3 Å². The Morgan fingerprint density at radius 3 is 2.19 bits per heavy atom. The van der Waals surface area contributed by atoms with Crippen molar-refractivity contribution < 1.29 is 31.1 Å². The number of nitrogens with one attached hydrogen (secondary N) is 1. The summed E-state index contributed by atoms with van der Waals surface area (Å²) in [5, 5.41) is 2.51. The number of carbonyl (C=O) groups excluding carboxylic acids is 1. The van der Waals surface area contributed by atoms with E-state index < -0.39 is 41.5 Å². The first-order valence-corrected chi connectivity index (χ1v) is 9.87. The summed E-state index contributed by atoms with van der Waals surface area (Å²) in [6.07, 6.45) is -9.90. The molecule has 1 amide bonds. The van der Waals surface area contributed by atoms with Crippen molar-refractivity contribution in [1.82, 2.24) is 10.2 Å². The number of halogens is 7. The topological polar surface area (TPSA) is 32.3 Å². The molecule has 168 valence electrons. The molecule has 0 fully saturated rings. The second-order valence-electron chi connectivity index (χ2n) is 7.44. The number of hydrogen-bond acceptors (Lipinski definition) is 2. The van der Waals surface area contributed by atoms with Crippen molar-refractivity contribution in [2.24, 2.45) is 0 Å². The number of nitrogens with zero attached hydrogens (tertiary/aromatic N) is 1. The Hall–Kier alpha value is -2.26. The van der Waals surface area contributed by atoms with E-state index in [1.54, 1.807) is 19.1 Å². The Bertz CT molecular complexity index is 943. The number of fused-ring (bicyclic) bond motifs is 1. The maximum absolute atomic E-state index is 13.1. The van der Waals surface area contributed by atoms with E-state index in [-0.39, 0.29) is 17.5 Å². The minimum Gasteiger partial charge on any atom is -0.350 e. The number of benzene rings is 2. The lowest BCUT2D eigenvalue weighted by Crippen LogP contribution is -2.51. The van der Waals surface area contributed by atoms with Crippen LogP contribution in [0.4, 0.5) is 26.3 Å². The summed E-state index contributed by atoms with van der Waals surface area (Å²) in [5.74, 6) is -0.284. The molecule has 0 saturated carbocycles. The second kappa shape index (κ2) is 8.35. The summed E-state index contributed by atoms with van der Waals surface area (Å²) in [5.41, 5.74) is -2.67. The van der Waals surface area contributed by atoms with Gasteiger partial charge in [-0.15, -0.1) is 11.6 Å². The third-order valence-corrected chi connectivity index (χ3v) is 5.60. The molecule has 3 rings (SSSR count). The van der Waals surface area contributed by atoms with Crippen molar-refractivity contribution in [3.8, 4) is 0 Å². The van der Waals surface area contributed by atoms with Crippen LogP contribution in [0.2, 0.25) is 0 Å². The SMILES string of the molecule is CC1(C(=O)NCc2cc(C(F)(F)F)cc(C(F)(F)F)c2)c2ccccc2CN1CCCl. The van der Waals surface area contributed by atoms with E-state index in [1.807, 2.05) is 17.0 Å². The van der Waals surface area contributed by atoms with Crippen LogP contribution in [-0.4, -0.2) is 23.2 Å². The van der Waals surface area contributed by atoms with Gasteiger partial charge in [0.05, 0.1) is 11.1 Å². The Morgan fingerprint density at radius 2 is 1.65 bits per heavy atom. The van der Waals surface area contributed by atoms with Gasteiger partial charge in [0.25, 0.3) is 0 Å². The minimum absolute atomic E-state index is 0.0576. The molecule has 1 unspecified atom stereocenters. The smallest absolute Gasteiger partial charge is 0.350 e. The first kappa shape index (κ1) is 23.4. The second-order valence-corrected chi connectivity index (χ2v) is 7.81. The summed E-state index contributed by atoms with van der Waals surface area (Å²) in [6.45, 7) is 2.00. The number of carbonyl (C=O) groups is 1. The summed E-state index contributed by atoms with van der Waals surface area (Å²) < 4.78 is 78.4. The van der Waals surface area contributed by atoms with Crippen molar-refractivity contribution >= 4 is 17.5 Å². The van der Waals surface area contributed by atoms with Crippen LogP contribution in [0.5, 0.6) is 0 Å². The quantitative estimate of drug-likeness (QED) is 0.480. The standard InChI is InChI=1S/C21H19ClF6N2O/c1-19(17-5-3-2-4-14(17)12-30(19)7-6-22)18(31)29-11-13-8-15(20(23,24)25)10-16(9-13)21(26,27)28/h2-5,8-10H,6-7,11-12H2,1H3,(H,29,31). The van der Waals surface area contributed by atoms with Crippen LogP contribution >= 0.6 is 11.6 Å². The normalized spacial score (nSPS) is 19.4. The summed E-state index contributed by atoms with van der Waals surface area (Å²) in [7, 11) is 0. The average Bonchev–Trinajstić information content (AvgIpc) is 2.98. The van der Waals surface area contributed by atoms with Crippen molar-refractivity contribution in [2.75, 3.05) is 12.4 Å². The predicted octanol–water partition coefficient (Wildman–Crippen LogP) is 5.31. The van der Waals surface area contributed by atoms with Gasteiger partial charge >= 0.3 is 12.4 Å². The lowest BCUT2D eigenvalue weighted by molar-refractivity contribution is -0.143. The molecule has 3 nitrogen and oxygen atoms in total. The Labute approximate surface area is 180 Å². The lowest BCUT2D eigenvalue weighted by Gasteiger charge is -2.34. The van der Waals surface area contributed by atoms with Gasteiger partial charge < -0.3 is 5.32 Å². The summed E-state index contributed by atoms with van der Waals surface area (Å²) in [4.78, 5) is 14.9. The van der Waals surface area contributed by atoms with E-state index in [9.17, 15) is 31.1 Å². The fraction of sp³-hybridized carbons (Fsp3) is 0.381. The Balaban J connectivity index is 1.89. The van der Waals surface area contributed by atoms with Gasteiger partial charge in [-0.2, -0.15) is 26.3 Å². The maximum atomic E-state index is 13.1. The Kier molecular flexibility index (Phi) is 6.30. The van der Waals surface area contributed by atoms with Crippen LogP contribution < -0.4 is 5.32 Å². The number of hydrogen-bond donors (Lipinski definition) is 1. The van der Waals surface area contributed by atoms with E-state index in [0.717, 1.165) is 11.1 Å². The maximum Gasteiger partial charge on any atom is 0.416 e. The molecule has 2 aromatic rings.